The summed E-state index contributed by atoms with van der Waals surface area (Å²) < 4.78 is 5.08. The van der Waals surface area contributed by atoms with Gasteiger partial charge in [-0.15, -0.1) is 0 Å². The molecule has 0 unspecified atom stereocenters. The van der Waals surface area contributed by atoms with Crippen LogP contribution < -0.4 is 20.7 Å². The molecule has 0 aliphatic rings. The normalized spacial score (nSPS) is 11.9. The van der Waals surface area contributed by atoms with Crippen LogP contribution in [0.4, 0.5) is 0 Å². The predicted octanol–water partition coefficient (Wildman–Crippen LogP) is 10.9. The fraction of sp³-hybridized carbons (Fsp3) is 0. The molecule has 11 rings (SSSR count). The van der Waals surface area contributed by atoms with E-state index >= 15 is 0 Å². The molecule has 268 valence electrons. The fourth-order valence-corrected chi connectivity index (χ4v) is 14.7. The van der Waals surface area contributed by atoms with Gasteiger partial charge in [0.15, 0.2) is 8.07 Å². The Morgan fingerprint density at radius 2 is 0.737 bits per heavy atom. The smallest absolute Gasteiger partial charge is 0.182 e. The van der Waals surface area contributed by atoms with E-state index in [9.17, 15) is 0 Å². The van der Waals surface area contributed by atoms with Gasteiger partial charge in [0.25, 0.3) is 0 Å². The second-order valence-electron chi connectivity index (χ2n) is 14.8. The molecular weight excluding hydrogens is 705 g/mol. The van der Waals surface area contributed by atoms with Gasteiger partial charge >= 0.3 is 0 Å². The van der Waals surface area contributed by atoms with Crippen molar-refractivity contribution in [2.24, 2.45) is 0 Å². The van der Waals surface area contributed by atoms with Crippen LogP contribution in [0.5, 0.6) is 0 Å². The first-order valence-electron chi connectivity index (χ1n) is 19.7. The summed E-state index contributed by atoms with van der Waals surface area (Å²) in [5, 5.41) is 10.4. The Bertz CT molecular complexity index is 3110. The van der Waals surface area contributed by atoms with Crippen LogP contribution in [0.2, 0.25) is 0 Å². The molecule has 57 heavy (non-hydrogen) atoms. The molecule has 0 fully saturated rings. The van der Waals surface area contributed by atoms with E-state index in [0.717, 1.165) is 11.4 Å². The highest BCUT2D eigenvalue weighted by molar-refractivity contribution is 7.21. The average molecular weight is 743 g/mol. The highest BCUT2D eigenvalue weighted by atomic mass is 28.3. The maximum absolute atomic E-state index is 3.12. The molecule has 2 aromatic heterocycles. The Hall–Kier alpha value is -7.20. The van der Waals surface area contributed by atoms with Crippen LogP contribution in [-0.4, -0.2) is 17.2 Å². The second kappa shape index (κ2) is 13.5. The van der Waals surface area contributed by atoms with E-state index in [0.29, 0.717) is 0 Å². The number of para-hydroxylation sites is 4. The highest BCUT2D eigenvalue weighted by Crippen LogP contribution is 2.40. The monoisotopic (exact) mass is 742 g/mol. The summed E-state index contributed by atoms with van der Waals surface area (Å²) in [7, 11) is -3.12. The summed E-state index contributed by atoms with van der Waals surface area (Å²) in [5.74, 6) is 0. The quantitative estimate of drug-likeness (QED) is 0.114. The van der Waals surface area contributed by atoms with Crippen molar-refractivity contribution in [1.29, 1.82) is 0 Å². The molecular formula is C54H38N2Si. The van der Waals surface area contributed by atoms with Gasteiger partial charge in [-0.3, -0.25) is 0 Å². The number of fused-ring (bicyclic) bond motifs is 6. The molecule has 0 aliphatic heterocycles. The third kappa shape index (κ3) is 5.03. The van der Waals surface area contributed by atoms with E-state index in [-0.39, 0.29) is 0 Å². The Morgan fingerprint density at radius 3 is 1.30 bits per heavy atom. The summed E-state index contributed by atoms with van der Waals surface area (Å²) in [6.45, 7) is 0. The van der Waals surface area contributed by atoms with Crippen molar-refractivity contribution in [3.05, 3.63) is 231 Å². The van der Waals surface area contributed by atoms with E-state index in [1.165, 1.54) is 75.5 Å². The van der Waals surface area contributed by atoms with Crippen LogP contribution >= 0.6 is 0 Å². The zero-order valence-corrected chi connectivity index (χ0v) is 32.3. The first kappa shape index (κ1) is 33.2. The second-order valence-corrected chi connectivity index (χ2v) is 18.5. The van der Waals surface area contributed by atoms with Gasteiger partial charge in [0.1, 0.15) is 0 Å². The summed E-state index contributed by atoms with van der Waals surface area (Å²) in [4.78, 5) is 0. The van der Waals surface area contributed by atoms with E-state index in [4.69, 9.17) is 0 Å². The summed E-state index contributed by atoms with van der Waals surface area (Å²) in [6, 6.07) is 85.4. The van der Waals surface area contributed by atoms with Crippen molar-refractivity contribution in [2.45, 2.75) is 0 Å². The Kier molecular flexibility index (Phi) is 7.87. The molecule has 2 nitrogen and oxygen atoms in total. The molecule has 11 aromatic rings. The number of rotatable bonds is 7. The minimum Gasteiger partial charge on any atom is -0.307 e. The van der Waals surface area contributed by atoms with E-state index in [1.54, 1.807) is 0 Å². The lowest BCUT2D eigenvalue weighted by atomic mass is 10.0. The lowest BCUT2D eigenvalue weighted by Crippen LogP contribution is -2.75. The maximum atomic E-state index is 2.61. The SMILES string of the molecule is c1ccc(-c2ccc3c4ccccc4n(-c4cccc5c6ccccc6n(-c6ccccc6)c45)c3c2[Si](c2ccccc2)(c2ccccc2)c2ccccc2)cc1. The zero-order valence-electron chi connectivity index (χ0n) is 31.3. The van der Waals surface area contributed by atoms with Gasteiger partial charge in [-0.1, -0.05) is 200 Å². The minimum absolute atomic E-state index is 1.14. The van der Waals surface area contributed by atoms with Gasteiger partial charge < -0.3 is 9.13 Å². The van der Waals surface area contributed by atoms with Gasteiger partial charge in [0, 0.05) is 27.2 Å². The van der Waals surface area contributed by atoms with Crippen LogP contribution in [0.1, 0.15) is 0 Å². The molecule has 0 radical (unpaired) electrons. The van der Waals surface area contributed by atoms with Crippen LogP contribution in [0.15, 0.2) is 231 Å². The van der Waals surface area contributed by atoms with Gasteiger partial charge in [-0.25, -0.2) is 0 Å². The molecule has 2 heterocycles. The molecule has 3 heteroatoms. The van der Waals surface area contributed by atoms with E-state index in [1.807, 2.05) is 0 Å². The number of benzene rings is 9. The van der Waals surface area contributed by atoms with Crippen LogP contribution in [-0.2, 0) is 0 Å². The fourth-order valence-electron chi connectivity index (χ4n) is 9.57. The first-order chi connectivity index (χ1) is 28.3. The third-order valence-electron chi connectivity index (χ3n) is 11.8. The number of hydrogen-bond donors (Lipinski definition) is 0. The van der Waals surface area contributed by atoms with Crippen molar-refractivity contribution in [3.8, 4) is 22.5 Å². The molecule has 0 N–H and O–H groups in total. The van der Waals surface area contributed by atoms with Gasteiger partial charge in [0.05, 0.1) is 27.8 Å². The summed E-state index contributed by atoms with van der Waals surface area (Å²) in [5.41, 5.74) is 9.58. The van der Waals surface area contributed by atoms with Gasteiger partial charge in [0.2, 0.25) is 0 Å². The average Bonchev–Trinajstić information content (AvgIpc) is 3.82. The molecule has 0 saturated carbocycles. The number of nitrogens with zero attached hydrogens (tertiary/aromatic N) is 2. The minimum atomic E-state index is -3.12. The highest BCUT2D eigenvalue weighted by Gasteiger charge is 2.45. The van der Waals surface area contributed by atoms with Crippen molar-refractivity contribution in [2.75, 3.05) is 0 Å². The molecule has 0 aliphatic carbocycles. The first-order valence-corrected chi connectivity index (χ1v) is 21.7. The molecule has 0 bridgehead atoms. The third-order valence-corrected chi connectivity index (χ3v) is 16.7. The topological polar surface area (TPSA) is 9.86 Å². The Balaban J connectivity index is 1.42. The zero-order chi connectivity index (χ0) is 37.8. The van der Waals surface area contributed by atoms with Crippen molar-refractivity contribution < 1.29 is 0 Å². The Labute approximate surface area is 333 Å². The molecule has 0 atom stereocenters. The molecule has 0 saturated heterocycles. The molecule has 0 amide bonds. The molecule has 9 aromatic carbocycles. The summed E-state index contributed by atoms with van der Waals surface area (Å²) in [6.07, 6.45) is 0. The number of hydrogen-bond acceptors (Lipinski definition) is 0. The number of aromatic nitrogens is 2. The van der Waals surface area contributed by atoms with Crippen molar-refractivity contribution in [3.63, 3.8) is 0 Å². The summed E-state index contributed by atoms with van der Waals surface area (Å²) >= 11 is 0. The Morgan fingerprint density at radius 1 is 0.298 bits per heavy atom. The predicted molar refractivity (Wildman–Crippen MR) is 244 cm³/mol. The van der Waals surface area contributed by atoms with Crippen molar-refractivity contribution in [1.82, 2.24) is 9.13 Å². The molecule has 0 spiro atoms. The van der Waals surface area contributed by atoms with Crippen molar-refractivity contribution >= 4 is 72.4 Å². The van der Waals surface area contributed by atoms with Gasteiger partial charge in [-0.2, -0.15) is 0 Å². The van der Waals surface area contributed by atoms with Gasteiger partial charge in [-0.05, 0) is 62.2 Å². The lowest BCUT2D eigenvalue weighted by molar-refractivity contribution is 1.13. The van der Waals surface area contributed by atoms with E-state index < -0.39 is 8.07 Å². The van der Waals surface area contributed by atoms with Crippen LogP contribution in [0.25, 0.3) is 66.1 Å². The van der Waals surface area contributed by atoms with Crippen LogP contribution in [0, 0.1) is 0 Å². The maximum Gasteiger partial charge on any atom is 0.182 e. The van der Waals surface area contributed by atoms with Crippen LogP contribution in [0.3, 0.4) is 0 Å². The standard InChI is InChI=1S/C54H38N2Si/c1-6-21-39(22-7-1)44-37-38-48-46-32-17-19-35-50(46)56(51-36-20-33-47-45-31-16-18-34-49(45)55(52(47)51)40-23-8-2-9-24-40)53(48)54(44)57(41-25-10-3-11-26-41,42-27-12-4-13-28-42)43-29-14-5-15-30-43/h1-38H. The van der Waals surface area contributed by atoms with E-state index in [2.05, 4.69) is 240 Å². The lowest BCUT2D eigenvalue weighted by Gasteiger charge is -2.37. The largest absolute Gasteiger partial charge is 0.307 e.